The first-order valence-corrected chi connectivity index (χ1v) is 9.91. The summed E-state index contributed by atoms with van der Waals surface area (Å²) >= 11 is 6.09. The van der Waals surface area contributed by atoms with E-state index in [4.69, 9.17) is 17.0 Å². The van der Waals surface area contributed by atoms with Crippen LogP contribution in [0.1, 0.15) is 16.7 Å². The predicted molar refractivity (Wildman–Crippen MR) is 111 cm³/mol. The molecule has 2 aliphatic heterocycles. The molecule has 2 amide bonds. The van der Waals surface area contributed by atoms with Crippen LogP contribution in [0.15, 0.2) is 47.4 Å². The Labute approximate surface area is 178 Å². The molecule has 5 nitrogen and oxygen atoms in total. The van der Waals surface area contributed by atoms with E-state index >= 15 is 0 Å². The van der Waals surface area contributed by atoms with E-state index in [0.717, 1.165) is 23.9 Å². The number of carbonyl (C=O) groups excluding carboxylic acids is 2. The molecule has 1 fully saturated rings. The number of ether oxygens (including phenoxy) is 1. The van der Waals surface area contributed by atoms with Gasteiger partial charge in [0.25, 0.3) is 11.8 Å². The second kappa shape index (κ2) is 7.77. The summed E-state index contributed by atoms with van der Waals surface area (Å²) in [4.78, 5) is 26.1. The maximum absolute atomic E-state index is 13.0. The number of hydrogen-bond donors (Lipinski definition) is 1. The second-order valence-corrected chi connectivity index (χ2v) is 8.26. The highest BCUT2D eigenvalue weighted by Crippen LogP contribution is 2.36. The number of amides is 2. The van der Waals surface area contributed by atoms with Crippen LogP contribution in [0.4, 0.5) is 18.9 Å². The van der Waals surface area contributed by atoms with Crippen LogP contribution < -0.4 is 15.0 Å². The zero-order chi connectivity index (χ0) is 21.5. The number of nitrogens with zero attached hydrogens (tertiary/aromatic N) is 1. The van der Waals surface area contributed by atoms with Crippen molar-refractivity contribution in [2.45, 2.75) is 12.7 Å². The molecule has 2 aromatic carbocycles. The standard InChI is InChI=1S/C20H13F3N2O3S2/c21-20(22,23)13-3-1-2-12(6-13)9-25-14-7-11(4-5-15(14)28-10-17(25)26)8-16-18(27)24-19(29)30-16/h1-8H,9-10H2,(H,24,27,29). The lowest BCUT2D eigenvalue weighted by Gasteiger charge is -2.30. The Balaban J connectivity index is 1.67. The third kappa shape index (κ3) is 4.19. The Morgan fingerprint density at radius 2 is 2.00 bits per heavy atom. The molecule has 30 heavy (non-hydrogen) atoms. The SMILES string of the molecule is O=C1NC(=S)SC1=Cc1ccc2c(c1)N(Cc1cccc(C(F)(F)F)c1)C(=O)CO2. The Kier molecular flexibility index (Phi) is 5.29. The quantitative estimate of drug-likeness (QED) is 0.563. The largest absolute Gasteiger partial charge is 0.482 e. The molecule has 0 saturated carbocycles. The summed E-state index contributed by atoms with van der Waals surface area (Å²) in [6.45, 7) is -0.253. The lowest BCUT2D eigenvalue weighted by molar-refractivity contribution is -0.137. The van der Waals surface area contributed by atoms with Crippen LogP contribution in [-0.2, 0) is 22.3 Å². The highest BCUT2D eigenvalue weighted by atomic mass is 32.2. The summed E-state index contributed by atoms with van der Waals surface area (Å²) in [5.74, 6) is -0.252. The van der Waals surface area contributed by atoms with Crippen molar-refractivity contribution in [1.29, 1.82) is 0 Å². The average molecular weight is 450 g/mol. The number of thiocarbonyl (C=S) groups is 1. The first-order chi connectivity index (χ1) is 14.2. The Morgan fingerprint density at radius 1 is 1.20 bits per heavy atom. The van der Waals surface area contributed by atoms with Crippen molar-refractivity contribution in [1.82, 2.24) is 5.32 Å². The third-order valence-corrected chi connectivity index (χ3v) is 5.62. The normalized spacial score (nSPS) is 17.8. The van der Waals surface area contributed by atoms with Gasteiger partial charge in [-0.25, -0.2) is 0 Å². The summed E-state index contributed by atoms with van der Waals surface area (Å²) in [5, 5.41) is 2.52. The van der Waals surface area contributed by atoms with E-state index in [1.54, 1.807) is 24.3 Å². The molecule has 0 aromatic heterocycles. The molecule has 2 aliphatic rings. The Bertz CT molecular complexity index is 1100. The van der Waals surface area contributed by atoms with E-state index in [-0.39, 0.29) is 25.0 Å². The molecule has 154 valence electrons. The van der Waals surface area contributed by atoms with Crippen LogP contribution in [-0.4, -0.2) is 22.7 Å². The van der Waals surface area contributed by atoms with Crippen LogP contribution in [0, 0.1) is 0 Å². The van der Waals surface area contributed by atoms with Gasteiger partial charge in [-0.3, -0.25) is 9.59 Å². The molecule has 2 aromatic rings. The first-order valence-electron chi connectivity index (χ1n) is 8.69. The zero-order valence-electron chi connectivity index (χ0n) is 15.2. The highest BCUT2D eigenvalue weighted by Gasteiger charge is 2.31. The molecule has 0 atom stereocenters. The minimum Gasteiger partial charge on any atom is -0.482 e. The number of thioether (sulfide) groups is 1. The van der Waals surface area contributed by atoms with E-state index in [2.05, 4.69) is 5.32 Å². The molecule has 0 radical (unpaired) electrons. The van der Waals surface area contributed by atoms with Gasteiger partial charge in [-0.05, 0) is 41.5 Å². The average Bonchev–Trinajstić information content (AvgIpc) is 3.00. The lowest BCUT2D eigenvalue weighted by Crippen LogP contribution is -2.38. The summed E-state index contributed by atoms with van der Waals surface area (Å²) < 4.78 is 44.9. The van der Waals surface area contributed by atoms with Crippen LogP contribution in [0.3, 0.4) is 0 Å². The van der Waals surface area contributed by atoms with Gasteiger partial charge in [-0.15, -0.1) is 0 Å². The maximum Gasteiger partial charge on any atom is 0.416 e. The van der Waals surface area contributed by atoms with Gasteiger partial charge in [0.15, 0.2) is 6.61 Å². The van der Waals surface area contributed by atoms with Gasteiger partial charge in [-0.1, -0.05) is 42.2 Å². The Morgan fingerprint density at radius 3 is 2.70 bits per heavy atom. The minimum absolute atomic E-state index is 0.0432. The summed E-state index contributed by atoms with van der Waals surface area (Å²) in [5.41, 5.74) is 0.609. The van der Waals surface area contributed by atoms with E-state index in [1.165, 1.54) is 17.0 Å². The fourth-order valence-electron chi connectivity index (χ4n) is 3.08. The fraction of sp³-hybridized carbons (Fsp3) is 0.150. The topological polar surface area (TPSA) is 58.6 Å². The highest BCUT2D eigenvalue weighted by molar-refractivity contribution is 8.26. The second-order valence-electron chi connectivity index (χ2n) is 6.55. The zero-order valence-corrected chi connectivity index (χ0v) is 16.8. The molecule has 1 saturated heterocycles. The molecule has 0 unspecified atom stereocenters. The van der Waals surface area contributed by atoms with Gasteiger partial charge in [0.05, 0.1) is 22.7 Å². The Hall–Kier alpha value is -2.85. The van der Waals surface area contributed by atoms with Gasteiger partial charge in [-0.2, -0.15) is 13.2 Å². The number of carbonyl (C=O) groups is 2. The van der Waals surface area contributed by atoms with Crippen LogP contribution in [0.5, 0.6) is 5.75 Å². The van der Waals surface area contributed by atoms with Crippen molar-refractivity contribution < 1.29 is 27.5 Å². The third-order valence-electron chi connectivity index (χ3n) is 4.46. The van der Waals surface area contributed by atoms with Crippen molar-refractivity contribution in [3.8, 4) is 5.75 Å². The van der Waals surface area contributed by atoms with E-state index in [9.17, 15) is 22.8 Å². The smallest absolute Gasteiger partial charge is 0.416 e. The van der Waals surface area contributed by atoms with Gasteiger partial charge in [0.1, 0.15) is 10.1 Å². The number of halogens is 3. The van der Waals surface area contributed by atoms with E-state index in [1.807, 2.05) is 0 Å². The van der Waals surface area contributed by atoms with Crippen molar-refractivity contribution >= 4 is 51.9 Å². The van der Waals surface area contributed by atoms with Gasteiger partial charge >= 0.3 is 6.18 Å². The van der Waals surface area contributed by atoms with Gasteiger partial charge < -0.3 is 15.0 Å². The number of hydrogen-bond acceptors (Lipinski definition) is 5. The summed E-state index contributed by atoms with van der Waals surface area (Å²) in [6, 6.07) is 9.88. The molecule has 0 aliphatic carbocycles. The van der Waals surface area contributed by atoms with Crippen molar-refractivity contribution in [3.63, 3.8) is 0 Å². The number of alkyl halides is 3. The van der Waals surface area contributed by atoms with Gasteiger partial charge in [0.2, 0.25) is 0 Å². The monoisotopic (exact) mass is 450 g/mol. The molecule has 0 spiro atoms. The van der Waals surface area contributed by atoms with E-state index < -0.39 is 11.7 Å². The number of rotatable bonds is 3. The number of anilines is 1. The summed E-state index contributed by atoms with van der Waals surface area (Å²) in [6.07, 6.45) is -2.84. The van der Waals surface area contributed by atoms with Crippen molar-refractivity contribution in [3.05, 3.63) is 64.1 Å². The molecule has 10 heteroatoms. The number of benzene rings is 2. The molecular weight excluding hydrogens is 437 g/mol. The summed E-state index contributed by atoms with van der Waals surface area (Å²) in [7, 11) is 0. The molecule has 1 N–H and O–H groups in total. The predicted octanol–water partition coefficient (Wildman–Crippen LogP) is 4.12. The number of fused-ring (bicyclic) bond motifs is 1. The maximum atomic E-state index is 13.0. The van der Waals surface area contributed by atoms with Gasteiger partial charge in [0, 0.05) is 0 Å². The lowest BCUT2D eigenvalue weighted by atomic mass is 10.1. The van der Waals surface area contributed by atoms with Crippen LogP contribution in [0.2, 0.25) is 0 Å². The molecule has 4 rings (SSSR count). The number of nitrogens with one attached hydrogen (secondary N) is 1. The first kappa shape index (κ1) is 20.4. The van der Waals surface area contributed by atoms with Crippen molar-refractivity contribution in [2.75, 3.05) is 11.5 Å². The van der Waals surface area contributed by atoms with Crippen LogP contribution in [0.25, 0.3) is 6.08 Å². The van der Waals surface area contributed by atoms with E-state index in [0.29, 0.717) is 31.8 Å². The minimum atomic E-state index is -4.47. The van der Waals surface area contributed by atoms with Crippen molar-refractivity contribution in [2.24, 2.45) is 0 Å². The molecular formula is C20H13F3N2O3S2. The fourth-order valence-corrected chi connectivity index (χ4v) is 4.13. The van der Waals surface area contributed by atoms with Crippen LogP contribution >= 0.6 is 24.0 Å². The molecule has 0 bridgehead atoms. The molecule has 2 heterocycles.